The van der Waals surface area contributed by atoms with E-state index >= 15 is 0 Å². The molecule has 0 amide bonds. The van der Waals surface area contributed by atoms with Gasteiger partial charge in [0.2, 0.25) is 0 Å². The van der Waals surface area contributed by atoms with Crippen LogP contribution in [0.1, 0.15) is 20.3 Å². The summed E-state index contributed by atoms with van der Waals surface area (Å²) < 4.78 is 21.6. The molecule has 0 saturated carbocycles. The molecule has 0 aromatic heterocycles. The van der Waals surface area contributed by atoms with Crippen LogP contribution in [-0.4, -0.2) is 30.5 Å². The smallest absolute Gasteiger partial charge is 0.326 e. The molecule has 14 heavy (non-hydrogen) atoms. The van der Waals surface area contributed by atoms with Crippen LogP contribution >= 0.6 is 15.2 Å². The number of hydrogen-bond acceptors (Lipinski definition) is 3. The molecule has 0 atom stereocenters. The first-order valence-corrected chi connectivity index (χ1v) is 7.10. The summed E-state index contributed by atoms with van der Waals surface area (Å²) >= 11 is 0. The minimum atomic E-state index is -4.84. The highest BCUT2D eigenvalue weighted by Crippen LogP contribution is 2.62. The van der Waals surface area contributed by atoms with Crippen molar-refractivity contribution in [2.75, 3.05) is 0 Å². The summed E-state index contributed by atoms with van der Waals surface area (Å²) in [5, 5.41) is -2.02. The van der Waals surface area contributed by atoms with Gasteiger partial charge in [0.1, 0.15) is 0 Å². The van der Waals surface area contributed by atoms with Gasteiger partial charge in [0.05, 0.1) is 0 Å². The van der Waals surface area contributed by atoms with E-state index < -0.39 is 32.6 Å². The summed E-state index contributed by atoms with van der Waals surface area (Å²) in [5.41, 5.74) is 4.39. The highest BCUT2D eigenvalue weighted by atomic mass is 31.2. The minimum Gasteiger partial charge on any atom is -0.326 e. The second kappa shape index (κ2) is 4.02. The lowest BCUT2D eigenvalue weighted by Gasteiger charge is -2.26. The van der Waals surface area contributed by atoms with Crippen LogP contribution < -0.4 is 5.73 Å². The molecular weight excluding hydrogens is 232 g/mol. The van der Waals surface area contributed by atoms with Gasteiger partial charge in [-0.1, -0.05) is 0 Å². The third kappa shape index (κ3) is 5.22. The van der Waals surface area contributed by atoms with Crippen molar-refractivity contribution in [2.45, 2.75) is 31.2 Å². The molecule has 0 fully saturated rings. The van der Waals surface area contributed by atoms with Crippen LogP contribution in [0.25, 0.3) is 0 Å². The Hall–Kier alpha value is 0.260. The fraction of sp³-hybridized carbons (Fsp3) is 1.00. The van der Waals surface area contributed by atoms with Crippen LogP contribution in [0.2, 0.25) is 0 Å². The maximum absolute atomic E-state index is 10.8. The first kappa shape index (κ1) is 14.3. The first-order chi connectivity index (χ1) is 5.84. The average molecular weight is 247 g/mol. The van der Waals surface area contributed by atoms with Gasteiger partial charge in [-0.05, 0) is 20.3 Å². The normalized spacial score (nSPS) is 14.9. The topological polar surface area (TPSA) is 141 Å². The van der Waals surface area contributed by atoms with Crippen molar-refractivity contribution in [1.82, 2.24) is 0 Å². The van der Waals surface area contributed by atoms with Gasteiger partial charge in [-0.2, -0.15) is 0 Å². The molecule has 6 N–H and O–H groups in total. The minimum absolute atomic E-state index is 0.443. The molecule has 0 rings (SSSR count). The molecule has 0 unspecified atom stereocenters. The molecule has 86 valence electrons. The highest BCUT2D eigenvalue weighted by Gasteiger charge is 2.45. The van der Waals surface area contributed by atoms with E-state index in [-0.39, 0.29) is 0 Å². The van der Waals surface area contributed by atoms with Gasteiger partial charge in [0, 0.05) is 5.54 Å². The Bertz CT molecular complexity index is 263. The standard InChI is InChI=1S/C5H15NO6P2/c1-5(2,6)3-4(13(7,8)9)14(10,11)12/h4H,3,6H2,1-2H3,(H2,7,8,9)(H2,10,11,12). The molecule has 7 nitrogen and oxygen atoms in total. The number of hydrogen-bond donors (Lipinski definition) is 5. The molecule has 0 radical (unpaired) electrons. The average Bonchev–Trinajstić information content (AvgIpc) is 1.75. The predicted molar refractivity (Wildman–Crippen MR) is 50.8 cm³/mol. The molecular formula is C5H15NO6P2. The van der Waals surface area contributed by atoms with E-state index in [9.17, 15) is 9.13 Å². The SMILES string of the molecule is CC(C)(N)CC(P(=O)(O)O)P(=O)(O)O. The Morgan fingerprint density at radius 3 is 1.50 bits per heavy atom. The summed E-state index contributed by atoms with van der Waals surface area (Å²) in [6, 6.07) is 0. The molecule has 0 aromatic rings. The van der Waals surface area contributed by atoms with E-state index in [0.717, 1.165) is 0 Å². The third-order valence-corrected chi connectivity index (χ3v) is 5.21. The van der Waals surface area contributed by atoms with Crippen LogP contribution in [-0.2, 0) is 9.13 Å². The van der Waals surface area contributed by atoms with Gasteiger partial charge in [0.15, 0.2) is 5.40 Å². The van der Waals surface area contributed by atoms with Crippen molar-refractivity contribution in [2.24, 2.45) is 5.73 Å². The van der Waals surface area contributed by atoms with Crippen molar-refractivity contribution in [3.63, 3.8) is 0 Å². The Morgan fingerprint density at radius 2 is 1.43 bits per heavy atom. The summed E-state index contributed by atoms with van der Waals surface area (Å²) in [6.45, 7) is 2.87. The zero-order valence-corrected chi connectivity index (χ0v) is 9.65. The van der Waals surface area contributed by atoms with Crippen molar-refractivity contribution >= 4 is 15.2 Å². The van der Waals surface area contributed by atoms with Crippen molar-refractivity contribution in [3.05, 3.63) is 0 Å². The van der Waals surface area contributed by atoms with E-state index in [1.807, 2.05) is 0 Å². The van der Waals surface area contributed by atoms with Gasteiger partial charge in [-0.15, -0.1) is 0 Å². The lowest BCUT2D eigenvalue weighted by molar-refractivity contribution is 0.322. The number of rotatable bonds is 4. The largest absolute Gasteiger partial charge is 0.340 e. The summed E-state index contributed by atoms with van der Waals surface area (Å²) in [7, 11) is -9.67. The monoisotopic (exact) mass is 247 g/mol. The molecule has 0 bridgehead atoms. The van der Waals surface area contributed by atoms with Gasteiger partial charge in [-0.25, -0.2) is 0 Å². The molecule has 0 aliphatic heterocycles. The zero-order valence-electron chi connectivity index (χ0n) is 7.86. The van der Waals surface area contributed by atoms with Gasteiger partial charge >= 0.3 is 15.2 Å². The van der Waals surface area contributed by atoms with Gasteiger partial charge < -0.3 is 25.3 Å². The molecule has 0 aliphatic rings. The molecule has 0 saturated heterocycles. The van der Waals surface area contributed by atoms with Crippen LogP contribution in [0.4, 0.5) is 0 Å². The molecule has 0 aromatic carbocycles. The second-order valence-corrected chi connectivity index (χ2v) is 7.86. The Balaban J connectivity index is 4.98. The quantitative estimate of drug-likeness (QED) is 0.433. The molecule has 9 heteroatoms. The summed E-state index contributed by atoms with van der Waals surface area (Å²) in [5.74, 6) is 0. The lowest BCUT2D eigenvalue weighted by atomic mass is 10.0. The fourth-order valence-corrected chi connectivity index (χ4v) is 3.89. The first-order valence-electron chi connectivity index (χ1n) is 3.73. The van der Waals surface area contributed by atoms with E-state index in [0.29, 0.717) is 0 Å². The summed E-state index contributed by atoms with van der Waals surface area (Å²) in [4.78, 5) is 35.0. The molecule has 0 spiro atoms. The number of nitrogens with two attached hydrogens (primary N) is 1. The Morgan fingerprint density at radius 1 is 1.14 bits per heavy atom. The predicted octanol–water partition coefficient (Wildman–Crippen LogP) is -0.205. The third-order valence-electron chi connectivity index (χ3n) is 1.49. The van der Waals surface area contributed by atoms with Crippen LogP contribution in [0.3, 0.4) is 0 Å². The molecule has 0 aliphatic carbocycles. The Kier molecular flexibility index (Phi) is 4.10. The van der Waals surface area contributed by atoms with Crippen molar-refractivity contribution in [3.8, 4) is 0 Å². The van der Waals surface area contributed by atoms with Crippen molar-refractivity contribution in [1.29, 1.82) is 0 Å². The Labute approximate surface area is 81.6 Å². The van der Waals surface area contributed by atoms with Crippen molar-refractivity contribution < 1.29 is 28.7 Å². The van der Waals surface area contributed by atoms with E-state index in [1.165, 1.54) is 13.8 Å². The zero-order chi connectivity index (χ0) is 11.8. The maximum atomic E-state index is 10.8. The molecule has 0 heterocycles. The maximum Gasteiger partial charge on any atom is 0.340 e. The summed E-state index contributed by atoms with van der Waals surface area (Å²) in [6.07, 6.45) is -0.443. The van der Waals surface area contributed by atoms with E-state index in [1.54, 1.807) is 0 Å². The second-order valence-electron chi connectivity index (χ2n) is 3.85. The fourth-order valence-electron chi connectivity index (χ4n) is 0.904. The van der Waals surface area contributed by atoms with E-state index in [2.05, 4.69) is 0 Å². The van der Waals surface area contributed by atoms with Gasteiger partial charge in [-0.3, -0.25) is 9.13 Å². The van der Waals surface area contributed by atoms with Crippen LogP contribution in [0.5, 0.6) is 0 Å². The van der Waals surface area contributed by atoms with Gasteiger partial charge in [0.25, 0.3) is 0 Å². The lowest BCUT2D eigenvalue weighted by Crippen LogP contribution is -2.36. The van der Waals surface area contributed by atoms with Crippen LogP contribution in [0.15, 0.2) is 0 Å². The highest BCUT2D eigenvalue weighted by molar-refractivity contribution is 7.70. The van der Waals surface area contributed by atoms with E-state index in [4.69, 9.17) is 25.3 Å². The van der Waals surface area contributed by atoms with Crippen LogP contribution in [0, 0.1) is 0 Å².